The van der Waals surface area contributed by atoms with E-state index in [9.17, 15) is 19.2 Å². The zero-order valence-corrected chi connectivity index (χ0v) is 17.4. The highest BCUT2D eigenvalue weighted by molar-refractivity contribution is 6.24. The van der Waals surface area contributed by atoms with Crippen LogP contribution in [0.1, 0.15) is 50.7 Å². The molecule has 164 valence electrons. The third-order valence-corrected chi connectivity index (χ3v) is 6.37. The summed E-state index contributed by atoms with van der Waals surface area (Å²) in [4.78, 5) is 57.7. The van der Waals surface area contributed by atoms with E-state index >= 15 is 0 Å². The first-order valence-electron chi connectivity index (χ1n) is 10.7. The van der Waals surface area contributed by atoms with Gasteiger partial charge in [0.05, 0.1) is 11.1 Å². The fraction of sp³-hybridized carbons (Fsp3) is 0.348. The number of fused-ring (bicyclic) bond motifs is 1. The molecule has 3 aliphatic rings. The van der Waals surface area contributed by atoms with E-state index in [1.54, 1.807) is 24.5 Å². The fourth-order valence-electron chi connectivity index (χ4n) is 4.79. The number of carbonyl (C=O) groups is 4. The highest BCUT2D eigenvalue weighted by Gasteiger charge is 2.45. The van der Waals surface area contributed by atoms with Crippen molar-refractivity contribution in [2.45, 2.75) is 31.5 Å². The monoisotopic (exact) mass is 433 g/mol. The summed E-state index contributed by atoms with van der Waals surface area (Å²) in [6.45, 7) is 2.88. The number of aromatic nitrogens is 1. The highest BCUT2D eigenvalue weighted by Crippen LogP contribution is 2.32. The van der Waals surface area contributed by atoms with Crippen LogP contribution in [0.2, 0.25) is 0 Å². The van der Waals surface area contributed by atoms with E-state index in [0.717, 1.165) is 35.7 Å². The fourth-order valence-corrected chi connectivity index (χ4v) is 4.79. The minimum Gasteiger partial charge on any atom is -0.314 e. The Balaban J connectivity index is 1.44. The quantitative estimate of drug-likeness (QED) is 0.680. The average Bonchev–Trinajstić information content (AvgIpc) is 3.06. The zero-order chi connectivity index (χ0) is 22.2. The number of piperidine rings is 1. The Morgan fingerprint density at radius 2 is 1.81 bits per heavy atom. The summed E-state index contributed by atoms with van der Waals surface area (Å²) in [7, 11) is 0. The Bertz CT molecular complexity index is 1100. The number of imide groups is 2. The molecule has 2 atom stereocenters. The number of rotatable bonds is 4. The lowest BCUT2D eigenvalue weighted by atomic mass is 9.99. The lowest BCUT2D eigenvalue weighted by Gasteiger charge is -2.36. The average molecular weight is 433 g/mol. The van der Waals surface area contributed by atoms with Crippen molar-refractivity contribution >= 4 is 23.6 Å². The maximum Gasteiger partial charge on any atom is 0.262 e. The van der Waals surface area contributed by atoms with E-state index in [0.29, 0.717) is 17.7 Å². The SMILES string of the molecule is O=C1CCC(N2C(=O)c3cccc(CN4CCNCC4c4ccncc4)c3C2=O)C(=O)N1. The molecular formula is C23H23N5O4. The molecule has 9 heteroatoms. The molecule has 1 aromatic heterocycles. The molecule has 4 heterocycles. The number of benzene rings is 1. The van der Waals surface area contributed by atoms with Crippen molar-refractivity contribution in [1.82, 2.24) is 25.4 Å². The van der Waals surface area contributed by atoms with Gasteiger partial charge in [-0.3, -0.25) is 39.3 Å². The first-order chi connectivity index (χ1) is 15.5. The van der Waals surface area contributed by atoms with Crippen LogP contribution in [-0.4, -0.2) is 64.1 Å². The van der Waals surface area contributed by atoms with Crippen LogP contribution in [0.25, 0.3) is 0 Å². The maximum absolute atomic E-state index is 13.3. The molecule has 2 saturated heterocycles. The minimum absolute atomic E-state index is 0.102. The molecule has 4 amide bonds. The molecule has 2 aromatic rings. The Morgan fingerprint density at radius 3 is 2.59 bits per heavy atom. The summed E-state index contributed by atoms with van der Waals surface area (Å²) in [5.74, 6) is -1.93. The number of piperazine rings is 1. The number of nitrogens with one attached hydrogen (secondary N) is 2. The molecule has 2 N–H and O–H groups in total. The maximum atomic E-state index is 13.3. The molecule has 32 heavy (non-hydrogen) atoms. The first kappa shape index (κ1) is 20.5. The van der Waals surface area contributed by atoms with Gasteiger partial charge in [-0.2, -0.15) is 0 Å². The molecule has 1 aromatic carbocycles. The third-order valence-electron chi connectivity index (χ3n) is 6.37. The summed E-state index contributed by atoms with van der Waals surface area (Å²) >= 11 is 0. The van der Waals surface area contributed by atoms with Gasteiger partial charge in [0, 0.05) is 51.0 Å². The molecule has 0 bridgehead atoms. The molecule has 5 rings (SSSR count). The predicted octanol–water partition coefficient (Wildman–Crippen LogP) is 0.629. The molecule has 0 aliphatic carbocycles. The molecule has 3 aliphatic heterocycles. The predicted molar refractivity (Wildman–Crippen MR) is 113 cm³/mol. The van der Waals surface area contributed by atoms with Gasteiger partial charge in [-0.1, -0.05) is 12.1 Å². The molecule has 0 radical (unpaired) electrons. The van der Waals surface area contributed by atoms with Crippen molar-refractivity contribution < 1.29 is 19.2 Å². The van der Waals surface area contributed by atoms with Crippen LogP contribution in [0.3, 0.4) is 0 Å². The van der Waals surface area contributed by atoms with Gasteiger partial charge >= 0.3 is 0 Å². The van der Waals surface area contributed by atoms with E-state index in [1.165, 1.54) is 0 Å². The number of nitrogens with zero attached hydrogens (tertiary/aromatic N) is 3. The Kier molecular flexibility index (Phi) is 5.28. The van der Waals surface area contributed by atoms with Crippen LogP contribution in [0.4, 0.5) is 0 Å². The lowest BCUT2D eigenvalue weighted by molar-refractivity contribution is -0.136. The van der Waals surface area contributed by atoms with Gasteiger partial charge in [0.2, 0.25) is 11.8 Å². The zero-order valence-electron chi connectivity index (χ0n) is 17.4. The number of pyridine rings is 1. The highest BCUT2D eigenvalue weighted by atomic mass is 16.2. The van der Waals surface area contributed by atoms with Gasteiger partial charge in [-0.15, -0.1) is 0 Å². The van der Waals surface area contributed by atoms with Gasteiger partial charge in [0.25, 0.3) is 11.8 Å². The Hall–Kier alpha value is -3.43. The number of amides is 4. The third kappa shape index (κ3) is 3.49. The minimum atomic E-state index is -0.961. The van der Waals surface area contributed by atoms with Crippen molar-refractivity contribution in [3.63, 3.8) is 0 Å². The summed E-state index contributed by atoms with van der Waals surface area (Å²) in [6, 6.07) is 8.39. The van der Waals surface area contributed by atoms with Crippen molar-refractivity contribution in [3.05, 3.63) is 65.0 Å². The molecule has 9 nitrogen and oxygen atoms in total. The van der Waals surface area contributed by atoms with Crippen molar-refractivity contribution in [3.8, 4) is 0 Å². The molecular weight excluding hydrogens is 410 g/mol. The molecule has 2 unspecified atom stereocenters. The van der Waals surface area contributed by atoms with E-state index < -0.39 is 23.8 Å². The second kappa shape index (κ2) is 8.25. The van der Waals surface area contributed by atoms with Gasteiger partial charge in [0.15, 0.2) is 0 Å². The standard InChI is InChI=1S/C23H23N5O4/c29-19-5-4-17(21(30)26-19)28-22(31)16-3-1-2-15(20(16)23(28)32)13-27-11-10-25-12-18(27)14-6-8-24-9-7-14/h1-3,6-9,17-18,25H,4-5,10-13H2,(H,26,29,30). The van der Waals surface area contributed by atoms with Crippen LogP contribution >= 0.6 is 0 Å². The van der Waals surface area contributed by atoms with Crippen LogP contribution in [0, 0.1) is 0 Å². The van der Waals surface area contributed by atoms with Crippen LogP contribution in [-0.2, 0) is 16.1 Å². The van der Waals surface area contributed by atoms with Gasteiger partial charge < -0.3 is 5.32 Å². The van der Waals surface area contributed by atoms with Crippen molar-refractivity contribution in [2.24, 2.45) is 0 Å². The molecule has 2 fully saturated rings. The number of hydrogen-bond acceptors (Lipinski definition) is 7. The van der Waals surface area contributed by atoms with Crippen LogP contribution in [0.15, 0.2) is 42.7 Å². The van der Waals surface area contributed by atoms with E-state index in [2.05, 4.69) is 20.5 Å². The summed E-state index contributed by atoms with van der Waals surface area (Å²) in [6.07, 6.45) is 3.78. The van der Waals surface area contributed by atoms with E-state index in [4.69, 9.17) is 0 Å². The van der Waals surface area contributed by atoms with E-state index in [1.807, 2.05) is 18.2 Å². The number of hydrogen-bond donors (Lipinski definition) is 2. The van der Waals surface area contributed by atoms with Crippen molar-refractivity contribution in [1.29, 1.82) is 0 Å². The summed E-state index contributed by atoms with van der Waals surface area (Å²) < 4.78 is 0. The largest absolute Gasteiger partial charge is 0.314 e. The van der Waals surface area contributed by atoms with Crippen LogP contribution < -0.4 is 10.6 Å². The smallest absolute Gasteiger partial charge is 0.262 e. The summed E-state index contributed by atoms with van der Waals surface area (Å²) in [5.41, 5.74) is 2.56. The first-order valence-corrected chi connectivity index (χ1v) is 10.7. The van der Waals surface area contributed by atoms with Gasteiger partial charge in [-0.05, 0) is 35.7 Å². The molecule has 0 saturated carbocycles. The van der Waals surface area contributed by atoms with Crippen LogP contribution in [0.5, 0.6) is 0 Å². The topological polar surface area (TPSA) is 112 Å². The van der Waals surface area contributed by atoms with Gasteiger partial charge in [-0.25, -0.2) is 0 Å². The van der Waals surface area contributed by atoms with Gasteiger partial charge in [0.1, 0.15) is 6.04 Å². The van der Waals surface area contributed by atoms with Crippen molar-refractivity contribution in [2.75, 3.05) is 19.6 Å². The number of carbonyl (C=O) groups excluding carboxylic acids is 4. The summed E-state index contributed by atoms with van der Waals surface area (Å²) in [5, 5.41) is 5.65. The normalized spacial score (nSPS) is 23.9. The van der Waals surface area contributed by atoms with E-state index in [-0.39, 0.29) is 24.8 Å². The lowest BCUT2D eigenvalue weighted by Crippen LogP contribution is -2.54. The second-order valence-electron chi connectivity index (χ2n) is 8.26. The molecule has 0 spiro atoms. The Labute approximate surface area is 184 Å². The Morgan fingerprint density at radius 1 is 1.00 bits per heavy atom. The second-order valence-corrected chi connectivity index (χ2v) is 8.26.